The number of carbonyl (C=O) groups is 1. The van der Waals surface area contributed by atoms with Crippen molar-refractivity contribution in [3.63, 3.8) is 0 Å². The molecule has 2 rings (SSSR count). The van der Waals surface area contributed by atoms with Gasteiger partial charge in [-0.2, -0.15) is 0 Å². The van der Waals surface area contributed by atoms with Gasteiger partial charge in [-0.25, -0.2) is 0 Å². The van der Waals surface area contributed by atoms with Gasteiger partial charge in [0.15, 0.2) is 5.78 Å². The predicted molar refractivity (Wildman–Crippen MR) is 92.3 cm³/mol. The molecular weight excluding hydrogens is 278 g/mol. The first kappa shape index (κ1) is 15.5. The Morgan fingerprint density at radius 2 is 1.32 bits per heavy atom. The first-order valence-corrected chi connectivity index (χ1v) is 6.79. The molecule has 0 unspecified atom stereocenters. The van der Waals surface area contributed by atoms with Crippen molar-refractivity contribution in [3.05, 3.63) is 41.5 Å². The molecule has 2 aromatic carbocycles. The zero-order valence-electron chi connectivity index (χ0n) is 12.7. The number of rotatable bonds is 3. The molecule has 0 amide bonds. The van der Waals surface area contributed by atoms with E-state index in [1.54, 1.807) is 32.0 Å². The smallest absolute Gasteiger partial charge is 0.174 e. The van der Waals surface area contributed by atoms with Crippen molar-refractivity contribution in [1.82, 2.24) is 0 Å². The Morgan fingerprint density at radius 3 is 1.91 bits per heavy atom. The second-order valence-corrected chi connectivity index (χ2v) is 5.87. The number of hydrogen-bond donors (Lipinski definition) is 5. The lowest BCUT2D eigenvalue weighted by molar-refractivity contribution is 0.0910. The molecule has 0 saturated carbocycles. The van der Waals surface area contributed by atoms with E-state index in [4.69, 9.17) is 28.7 Å². The molecule has 0 aliphatic rings. The summed E-state index contributed by atoms with van der Waals surface area (Å²) in [6.45, 7) is 3.60. The summed E-state index contributed by atoms with van der Waals surface area (Å²) in [6, 6.07) is 8.16. The molecule has 2 aromatic rings. The molecular formula is C16H21N5O. The molecule has 116 valence electrons. The third-order valence-electron chi connectivity index (χ3n) is 3.88. The van der Waals surface area contributed by atoms with Crippen LogP contribution in [0.4, 0.5) is 28.4 Å². The van der Waals surface area contributed by atoms with Crippen LogP contribution in [0, 0.1) is 0 Å². The quantitative estimate of drug-likeness (QED) is 0.431. The topological polar surface area (TPSA) is 147 Å². The Bertz CT molecular complexity index is 752. The van der Waals surface area contributed by atoms with Crippen LogP contribution in [0.15, 0.2) is 30.3 Å². The molecule has 0 spiro atoms. The van der Waals surface area contributed by atoms with Crippen LogP contribution in [0.5, 0.6) is 0 Å². The van der Waals surface area contributed by atoms with Gasteiger partial charge in [0.1, 0.15) is 0 Å². The van der Waals surface area contributed by atoms with Gasteiger partial charge in [0.25, 0.3) is 0 Å². The Labute approximate surface area is 129 Å². The van der Waals surface area contributed by atoms with Crippen molar-refractivity contribution in [2.45, 2.75) is 19.3 Å². The van der Waals surface area contributed by atoms with E-state index in [9.17, 15) is 4.79 Å². The standard InChI is InChI=1S/C16H21N5O/c1-16(2,8-3-4-10(17)12(19)5-8)15(22)9-6-13(20)14(21)7-11(9)18/h3-7H,17-21H2,1-2H3. The zero-order valence-corrected chi connectivity index (χ0v) is 12.7. The molecule has 0 saturated heterocycles. The van der Waals surface area contributed by atoms with E-state index in [0.29, 0.717) is 34.0 Å². The SMILES string of the molecule is CC(C)(C(=O)c1cc(N)c(N)cc1N)c1ccc(N)c(N)c1. The van der Waals surface area contributed by atoms with E-state index in [0.717, 1.165) is 5.56 Å². The molecule has 10 N–H and O–H groups in total. The number of Topliss-reactive ketones (excluding diaryl/α,β-unsaturated/α-hetero) is 1. The van der Waals surface area contributed by atoms with Crippen LogP contribution in [0.25, 0.3) is 0 Å². The minimum absolute atomic E-state index is 0.166. The molecule has 0 bridgehead atoms. The van der Waals surface area contributed by atoms with E-state index >= 15 is 0 Å². The Morgan fingerprint density at radius 1 is 0.773 bits per heavy atom. The van der Waals surface area contributed by atoms with Crippen molar-refractivity contribution < 1.29 is 4.79 Å². The van der Waals surface area contributed by atoms with E-state index in [2.05, 4.69) is 0 Å². The van der Waals surface area contributed by atoms with Crippen molar-refractivity contribution in [2.24, 2.45) is 0 Å². The van der Waals surface area contributed by atoms with Gasteiger partial charge >= 0.3 is 0 Å². The van der Waals surface area contributed by atoms with Crippen molar-refractivity contribution in [3.8, 4) is 0 Å². The highest BCUT2D eigenvalue weighted by atomic mass is 16.1. The fourth-order valence-electron chi connectivity index (χ4n) is 2.28. The highest BCUT2D eigenvalue weighted by Gasteiger charge is 2.32. The van der Waals surface area contributed by atoms with Crippen LogP contribution in [0.1, 0.15) is 29.8 Å². The van der Waals surface area contributed by atoms with Gasteiger partial charge < -0.3 is 28.7 Å². The van der Waals surface area contributed by atoms with Gasteiger partial charge in [-0.3, -0.25) is 4.79 Å². The molecule has 0 atom stereocenters. The summed E-state index contributed by atoms with van der Waals surface area (Å²) in [5.74, 6) is -0.166. The van der Waals surface area contributed by atoms with Crippen molar-refractivity contribution in [1.29, 1.82) is 0 Å². The average Bonchev–Trinajstić information content (AvgIpc) is 2.45. The fourth-order valence-corrected chi connectivity index (χ4v) is 2.28. The largest absolute Gasteiger partial charge is 0.398 e. The minimum atomic E-state index is -0.835. The van der Waals surface area contributed by atoms with Crippen LogP contribution in [0.2, 0.25) is 0 Å². The second kappa shape index (κ2) is 5.14. The van der Waals surface area contributed by atoms with Gasteiger partial charge in [0.05, 0.1) is 28.2 Å². The molecule has 6 heteroatoms. The molecule has 0 aliphatic carbocycles. The van der Waals surface area contributed by atoms with Crippen molar-refractivity contribution >= 4 is 34.2 Å². The lowest BCUT2D eigenvalue weighted by Crippen LogP contribution is -2.30. The van der Waals surface area contributed by atoms with E-state index < -0.39 is 5.41 Å². The highest BCUT2D eigenvalue weighted by molar-refractivity contribution is 6.08. The number of hydrogen-bond acceptors (Lipinski definition) is 6. The number of anilines is 5. The Hall–Kier alpha value is -2.89. The highest BCUT2D eigenvalue weighted by Crippen LogP contribution is 2.34. The van der Waals surface area contributed by atoms with Gasteiger partial charge in [-0.15, -0.1) is 0 Å². The first-order valence-electron chi connectivity index (χ1n) is 6.79. The molecule has 0 aliphatic heterocycles. The van der Waals surface area contributed by atoms with E-state index in [1.807, 2.05) is 0 Å². The Balaban J connectivity index is 2.51. The van der Waals surface area contributed by atoms with Crippen molar-refractivity contribution in [2.75, 3.05) is 28.7 Å². The summed E-state index contributed by atoms with van der Waals surface area (Å²) >= 11 is 0. The van der Waals surface area contributed by atoms with E-state index in [1.165, 1.54) is 12.1 Å². The van der Waals surface area contributed by atoms with Crippen LogP contribution in [0.3, 0.4) is 0 Å². The first-order chi connectivity index (χ1) is 10.1. The Kier molecular flexibility index (Phi) is 3.62. The number of ketones is 1. The second-order valence-electron chi connectivity index (χ2n) is 5.87. The number of carbonyl (C=O) groups excluding carboxylic acids is 1. The molecule has 0 heterocycles. The molecule has 6 nitrogen and oxygen atoms in total. The number of benzene rings is 2. The lowest BCUT2D eigenvalue weighted by Gasteiger charge is -2.25. The van der Waals surface area contributed by atoms with Crippen LogP contribution in [-0.4, -0.2) is 5.78 Å². The number of nitrogen functional groups attached to an aromatic ring is 5. The summed E-state index contributed by atoms with van der Waals surface area (Å²) in [6.07, 6.45) is 0. The third kappa shape index (κ3) is 2.50. The monoisotopic (exact) mass is 299 g/mol. The summed E-state index contributed by atoms with van der Waals surface area (Å²) < 4.78 is 0. The number of nitrogens with two attached hydrogens (primary N) is 5. The summed E-state index contributed by atoms with van der Waals surface area (Å²) in [5, 5.41) is 0. The molecule has 22 heavy (non-hydrogen) atoms. The minimum Gasteiger partial charge on any atom is -0.398 e. The maximum absolute atomic E-state index is 12.9. The van der Waals surface area contributed by atoms with E-state index in [-0.39, 0.29) is 5.78 Å². The maximum Gasteiger partial charge on any atom is 0.174 e. The molecule has 0 aromatic heterocycles. The zero-order chi connectivity index (χ0) is 16.7. The molecule has 0 radical (unpaired) electrons. The summed E-state index contributed by atoms with van der Waals surface area (Å²) in [7, 11) is 0. The van der Waals surface area contributed by atoms with Gasteiger partial charge in [-0.05, 0) is 43.7 Å². The summed E-state index contributed by atoms with van der Waals surface area (Å²) in [4.78, 5) is 12.9. The van der Waals surface area contributed by atoms with Gasteiger partial charge in [0, 0.05) is 11.3 Å². The van der Waals surface area contributed by atoms with Gasteiger partial charge in [0.2, 0.25) is 0 Å². The lowest BCUT2D eigenvalue weighted by atomic mass is 9.77. The average molecular weight is 299 g/mol. The third-order valence-corrected chi connectivity index (χ3v) is 3.88. The summed E-state index contributed by atoms with van der Waals surface area (Å²) in [5.41, 5.74) is 31.1. The predicted octanol–water partition coefficient (Wildman–Crippen LogP) is 1.76. The maximum atomic E-state index is 12.9. The molecule has 0 fully saturated rings. The fraction of sp³-hybridized carbons (Fsp3) is 0.188. The van der Waals surface area contributed by atoms with Gasteiger partial charge in [-0.1, -0.05) is 6.07 Å². The van der Waals surface area contributed by atoms with Crippen LogP contribution in [-0.2, 0) is 5.41 Å². The van der Waals surface area contributed by atoms with Crippen LogP contribution >= 0.6 is 0 Å². The normalized spacial score (nSPS) is 11.4. The van der Waals surface area contributed by atoms with Crippen LogP contribution < -0.4 is 28.7 Å².